The lowest BCUT2D eigenvalue weighted by Gasteiger charge is -2.08. The Morgan fingerprint density at radius 1 is 1.62 bits per heavy atom. The number of aromatic hydroxyl groups is 1. The van der Waals surface area contributed by atoms with Crippen molar-refractivity contribution in [2.75, 3.05) is 6.61 Å². The van der Waals surface area contributed by atoms with Gasteiger partial charge < -0.3 is 5.11 Å². The van der Waals surface area contributed by atoms with Gasteiger partial charge in [0.05, 0.1) is 12.3 Å². The van der Waals surface area contributed by atoms with Crippen LogP contribution in [0.1, 0.15) is 12.5 Å². The van der Waals surface area contributed by atoms with Crippen molar-refractivity contribution in [3.63, 3.8) is 0 Å². The Bertz CT molecular complexity index is 297. The highest BCUT2D eigenvalue weighted by atomic mass is 16.6. The molecule has 0 bridgehead atoms. The first-order valence-electron chi connectivity index (χ1n) is 4.10. The predicted octanol–water partition coefficient (Wildman–Crippen LogP) is 1.90. The average molecular weight is 179 g/mol. The summed E-state index contributed by atoms with van der Waals surface area (Å²) < 4.78 is 0. The maximum Gasteiger partial charge on any atom is 0.116 e. The maximum atomic E-state index is 9.18. The molecule has 0 aromatic heterocycles. The summed E-state index contributed by atoms with van der Waals surface area (Å²) in [4.78, 5) is 4.96. The van der Waals surface area contributed by atoms with Gasteiger partial charge in [0.15, 0.2) is 0 Å². The monoisotopic (exact) mass is 179 g/mol. The van der Waals surface area contributed by atoms with Gasteiger partial charge in [-0.3, -0.25) is 10.3 Å². The van der Waals surface area contributed by atoms with E-state index in [1.165, 1.54) is 0 Å². The summed E-state index contributed by atoms with van der Waals surface area (Å²) in [7, 11) is 0. The van der Waals surface area contributed by atoms with Crippen LogP contribution in [0, 0.1) is 0 Å². The summed E-state index contributed by atoms with van der Waals surface area (Å²) >= 11 is 0. The SMILES string of the molecule is C=C(NOCC)c1cccc(O)c1. The third kappa shape index (κ3) is 2.80. The predicted molar refractivity (Wildman–Crippen MR) is 51.9 cm³/mol. The number of hydrogen-bond acceptors (Lipinski definition) is 3. The van der Waals surface area contributed by atoms with Crippen molar-refractivity contribution in [2.24, 2.45) is 0 Å². The second kappa shape index (κ2) is 4.52. The lowest BCUT2D eigenvalue weighted by molar-refractivity contribution is 0.0901. The fourth-order valence-electron chi connectivity index (χ4n) is 0.912. The van der Waals surface area contributed by atoms with Gasteiger partial charge in [-0.05, 0) is 19.1 Å². The van der Waals surface area contributed by atoms with Crippen molar-refractivity contribution >= 4 is 5.70 Å². The molecule has 0 aliphatic rings. The van der Waals surface area contributed by atoms with E-state index >= 15 is 0 Å². The molecule has 0 radical (unpaired) electrons. The highest BCUT2D eigenvalue weighted by Crippen LogP contribution is 2.15. The van der Waals surface area contributed by atoms with Crippen molar-refractivity contribution in [1.82, 2.24) is 5.48 Å². The Labute approximate surface area is 77.6 Å². The van der Waals surface area contributed by atoms with Crippen molar-refractivity contribution in [3.8, 4) is 5.75 Å². The molecule has 0 saturated heterocycles. The van der Waals surface area contributed by atoms with Gasteiger partial charge in [-0.1, -0.05) is 18.7 Å². The second-order valence-corrected chi connectivity index (χ2v) is 2.56. The van der Waals surface area contributed by atoms with E-state index in [0.29, 0.717) is 12.3 Å². The van der Waals surface area contributed by atoms with Crippen LogP contribution in [-0.2, 0) is 4.84 Å². The fourth-order valence-corrected chi connectivity index (χ4v) is 0.912. The number of hydrogen-bond donors (Lipinski definition) is 2. The molecule has 13 heavy (non-hydrogen) atoms. The highest BCUT2D eigenvalue weighted by molar-refractivity contribution is 5.61. The molecular formula is C10H13NO2. The molecule has 2 N–H and O–H groups in total. The van der Waals surface area contributed by atoms with Gasteiger partial charge >= 0.3 is 0 Å². The molecule has 0 amide bonds. The van der Waals surface area contributed by atoms with E-state index in [0.717, 1.165) is 5.56 Å². The van der Waals surface area contributed by atoms with Gasteiger partial charge in [0.2, 0.25) is 0 Å². The van der Waals surface area contributed by atoms with E-state index in [1.54, 1.807) is 18.2 Å². The average Bonchev–Trinajstić information content (AvgIpc) is 2.14. The Balaban J connectivity index is 2.66. The van der Waals surface area contributed by atoms with Gasteiger partial charge in [-0.25, -0.2) is 0 Å². The summed E-state index contributed by atoms with van der Waals surface area (Å²) in [5.74, 6) is 0.219. The standard InChI is InChI=1S/C10H13NO2/c1-3-13-11-8(2)9-5-4-6-10(12)7-9/h4-7,11-12H,2-3H2,1H3. The van der Waals surface area contributed by atoms with E-state index < -0.39 is 0 Å². The summed E-state index contributed by atoms with van der Waals surface area (Å²) in [6, 6.07) is 6.82. The van der Waals surface area contributed by atoms with Crippen LogP contribution in [0.3, 0.4) is 0 Å². The smallest absolute Gasteiger partial charge is 0.116 e. The van der Waals surface area contributed by atoms with Crippen molar-refractivity contribution in [1.29, 1.82) is 0 Å². The summed E-state index contributed by atoms with van der Waals surface area (Å²) in [5.41, 5.74) is 4.12. The summed E-state index contributed by atoms with van der Waals surface area (Å²) in [5, 5.41) is 9.18. The quantitative estimate of drug-likeness (QED) is 0.694. The molecule has 0 heterocycles. The van der Waals surface area contributed by atoms with Crippen LogP contribution in [0.5, 0.6) is 5.75 Å². The molecule has 3 heteroatoms. The van der Waals surface area contributed by atoms with Crippen LogP contribution in [0.15, 0.2) is 30.8 Å². The van der Waals surface area contributed by atoms with Gasteiger partial charge in [0.25, 0.3) is 0 Å². The molecular weight excluding hydrogens is 166 g/mol. The molecule has 1 aromatic rings. The zero-order valence-corrected chi connectivity index (χ0v) is 7.58. The first kappa shape index (κ1) is 9.61. The van der Waals surface area contributed by atoms with E-state index in [9.17, 15) is 5.11 Å². The van der Waals surface area contributed by atoms with Gasteiger partial charge in [0, 0.05) is 5.56 Å². The van der Waals surface area contributed by atoms with Crippen molar-refractivity contribution < 1.29 is 9.94 Å². The number of phenolic OH excluding ortho intramolecular Hbond substituents is 1. The molecule has 0 aliphatic heterocycles. The lowest BCUT2D eigenvalue weighted by Crippen LogP contribution is -2.11. The minimum absolute atomic E-state index is 0.219. The summed E-state index contributed by atoms with van der Waals surface area (Å²) in [6.45, 7) is 6.20. The minimum atomic E-state index is 0.219. The largest absolute Gasteiger partial charge is 0.508 e. The molecule has 70 valence electrons. The molecule has 3 nitrogen and oxygen atoms in total. The van der Waals surface area contributed by atoms with Crippen LogP contribution in [0.2, 0.25) is 0 Å². The van der Waals surface area contributed by atoms with Gasteiger partial charge in [-0.2, -0.15) is 0 Å². The van der Waals surface area contributed by atoms with E-state index in [-0.39, 0.29) is 5.75 Å². The van der Waals surface area contributed by atoms with Crippen LogP contribution in [0.25, 0.3) is 5.70 Å². The molecule has 1 rings (SSSR count). The Kier molecular flexibility index (Phi) is 3.34. The number of benzene rings is 1. The fraction of sp³-hybridized carbons (Fsp3) is 0.200. The van der Waals surface area contributed by atoms with Gasteiger partial charge in [-0.15, -0.1) is 0 Å². The normalized spacial score (nSPS) is 9.62. The zero-order valence-electron chi connectivity index (χ0n) is 7.58. The molecule has 0 saturated carbocycles. The van der Waals surface area contributed by atoms with Crippen molar-refractivity contribution in [2.45, 2.75) is 6.92 Å². The van der Waals surface area contributed by atoms with Crippen LogP contribution < -0.4 is 5.48 Å². The number of rotatable bonds is 4. The Morgan fingerprint density at radius 2 is 2.38 bits per heavy atom. The zero-order chi connectivity index (χ0) is 9.68. The van der Waals surface area contributed by atoms with Crippen molar-refractivity contribution in [3.05, 3.63) is 36.4 Å². The first-order chi connectivity index (χ1) is 6.24. The van der Waals surface area contributed by atoms with E-state index in [1.807, 2.05) is 13.0 Å². The summed E-state index contributed by atoms with van der Waals surface area (Å²) in [6.07, 6.45) is 0. The minimum Gasteiger partial charge on any atom is -0.508 e. The third-order valence-corrected chi connectivity index (χ3v) is 1.53. The molecule has 0 unspecified atom stereocenters. The molecule has 0 fully saturated rings. The number of hydroxylamine groups is 1. The maximum absolute atomic E-state index is 9.18. The van der Waals surface area contributed by atoms with Crippen LogP contribution in [0.4, 0.5) is 0 Å². The molecule has 0 atom stereocenters. The van der Waals surface area contributed by atoms with E-state index in [2.05, 4.69) is 12.1 Å². The van der Waals surface area contributed by atoms with E-state index in [4.69, 9.17) is 4.84 Å². The second-order valence-electron chi connectivity index (χ2n) is 2.56. The highest BCUT2D eigenvalue weighted by Gasteiger charge is 1.98. The lowest BCUT2D eigenvalue weighted by atomic mass is 10.2. The number of nitrogens with one attached hydrogen (secondary N) is 1. The van der Waals surface area contributed by atoms with Crippen LogP contribution >= 0.6 is 0 Å². The Morgan fingerprint density at radius 3 is 3.00 bits per heavy atom. The molecule has 1 aromatic carbocycles. The van der Waals surface area contributed by atoms with Crippen LogP contribution in [-0.4, -0.2) is 11.7 Å². The van der Waals surface area contributed by atoms with Gasteiger partial charge in [0.1, 0.15) is 5.75 Å². The number of phenols is 1. The Hall–Kier alpha value is -1.48. The molecule has 0 aliphatic carbocycles. The first-order valence-corrected chi connectivity index (χ1v) is 4.10. The molecule has 0 spiro atoms. The topological polar surface area (TPSA) is 41.5 Å². The third-order valence-electron chi connectivity index (χ3n) is 1.53.